The molecule has 16 heavy (non-hydrogen) atoms. The third-order valence-electron chi connectivity index (χ3n) is 3.34. The lowest BCUT2D eigenvalue weighted by Crippen LogP contribution is -2.20. The first kappa shape index (κ1) is 11.1. The van der Waals surface area contributed by atoms with Gasteiger partial charge >= 0.3 is 0 Å². The van der Waals surface area contributed by atoms with Gasteiger partial charge in [-0.25, -0.2) is 4.98 Å². The Morgan fingerprint density at radius 2 is 2.06 bits per heavy atom. The number of pyridine rings is 1. The summed E-state index contributed by atoms with van der Waals surface area (Å²) in [5, 5.41) is 2.62. The summed E-state index contributed by atoms with van der Waals surface area (Å²) in [6.45, 7) is 2.08. The van der Waals surface area contributed by atoms with Crippen LogP contribution in [0.25, 0.3) is 0 Å². The second-order valence-electron chi connectivity index (χ2n) is 4.46. The molecule has 0 bridgehead atoms. The largest absolute Gasteiger partial charge is 0.354 e. The van der Waals surface area contributed by atoms with Crippen LogP contribution in [0.5, 0.6) is 0 Å². The number of carbonyl (C=O) groups excluding carboxylic acids is 1. The molecule has 1 aromatic rings. The van der Waals surface area contributed by atoms with E-state index in [2.05, 4.69) is 17.2 Å². The number of hydrogen-bond acceptors (Lipinski definition) is 2. The molecule has 1 fully saturated rings. The Morgan fingerprint density at radius 3 is 2.69 bits per heavy atom. The molecule has 0 radical (unpaired) electrons. The molecule has 1 aliphatic rings. The van der Waals surface area contributed by atoms with Gasteiger partial charge in [0.15, 0.2) is 0 Å². The van der Waals surface area contributed by atoms with Crippen LogP contribution in [-0.2, 0) is 0 Å². The van der Waals surface area contributed by atoms with Crippen LogP contribution < -0.4 is 5.32 Å². The Balaban J connectivity index is 2.32. The zero-order valence-electron chi connectivity index (χ0n) is 9.92. The van der Waals surface area contributed by atoms with Gasteiger partial charge in [0.25, 0.3) is 5.91 Å². The standard InChI is InChI=1S/C13H18N2O/c1-9-7-8-11(13(16)14-2)15-12(9)10-5-3-4-6-10/h7-8,10H,3-6H2,1-2H3,(H,14,16). The number of aryl methyl sites for hydroxylation is 1. The highest BCUT2D eigenvalue weighted by atomic mass is 16.1. The summed E-state index contributed by atoms with van der Waals surface area (Å²) in [7, 11) is 1.64. The van der Waals surface area contributed by atoms with Crippen molar-refractivity contribution in [3.8, 4) is 0 Å². The number of aromatic nitrogens is 1. The van der Waals surface area contributed by atoms with E-state index in [1.54, 1.807) is 13.1 Å². The molecule has 0 spiro atoms. The Labute approximate surface area is 96.3 Å². The van der Waals surface area contributed by atoms with Crippen molar-refractivity contribution in [2.24, 2.45) is 0 Å². The van der Waals surface area contributed by atoms with Gasteiger partial charge in [-0.1, -0.05) is 18.9 Å². The van der Waals surface area contributed by atoms with Crippen molar-refractivity contribution in [3.05, 3.63) is 29.1 Å². The van der Waals surface area contributed by atoms with E-state index < -0.39 is 0 Å². The number of hydrogen-bond donors (Lipinski definition) is 1. The van der Waals surface area contributed by atoms with Gasteiger partial charge in [0.05, 0.1) is 0 Å². The number of nitrogens with one attached hydrogen (secondary N) is 1. The van der Waals surface area contributed by atoms with Crippen molar-refractivity contribution < 1.29 is 4.79 Å². The van der Waals surface area contributed by atoms with Crippen molar-refractivity contribution in [2.75, 3.05) is 7.05 Å². The first-order chi connectivity index (χ1) is 7.72. The van der Waals surface area contributed by atoms with E-state index in [-0.39, 0.29) is 5.91 Å². The fraction of sp³-hybridized carbons (Fsp3) is 0.538. The zero-order chi connectivity index (χ0) is 11.5. The minimum absolute atomic E-state index is 0.0979. The van der Waals surface area contributed by atoms with E-state index in [0.29, 0.717) is 11.6 Å². The zero-order valence-corrected chi connectivity index (χ0v) is 9.92. The summed E-state index contributed by atoms with van der Waals surface area (Å²) in [5.41, 5.74) is 2.87. The topological polar surface area (TPSA) is 42.0 Å². The van der Waals surface area contributed by atoms with Crippen molar-refractivity contribution in [1.29, 1.82) is 0 Å². The van der Waals surface area contributed by atoms with Crippen molar-refractivity contribution in [3.63, 3.8) is 0 Å². The molecule has 0 aliphatic heterocycles. The number of amides is 1. The quantitative estimate of drug-likeness (QED) is 0.828. The summed E-state index contributed by atoms with van der Waals surface area (Å²) < 4.78 is 0. The second kappa shape index (κ2) is 4.64. The molecule has 0 atom stereocenters. The van der Waals surface area contributed by atoms with Gasteiger partial charge in [0.1, 0.15) is 5.69 Å². The predicted octanol–water partition coefficient (Wildman–Crippen LogP) is 2.41. The first-order valence-corrected chi connectivity index (χ1v) is 5.92. The molecule has 1 amide bonds. The molecule has 1 aliphatic carbocycles. The van der Waals surface area contributed by atoms with Crippen molar-refractivity contribution in [1.82, 2.24) is 10.3 Å². The van der Waals surface area contributed by atoms with Gasteiger partial charge in [0.2, 0.25) is 0 Å². The van der Waals surface area contributed by atoms with Gasteiger partial charge < -0.3 is 5.32 Å². The molecule has 0 saturated heterocycles. The molecule has 2 rings (SSSR count). The number of nitrogens with zero attached hydrogens (tertiary/aromatic N) is 1. The lowest BCUT2D eigenvalue weighted by molar-refractivity contribution is 0.0958. The molecule has 1 aromatic heterocycles. The molecule has 3 heteroatoms. The Hall–Kier alpha value is -1.38. The van der Waals surface area contributed by atoms with Crippen LogP contribution in [0.3, 0.4) is 0 Å². The van der Waals surface area contributed by atoms with Gasteiger partial charge in [-0.05, 0) is 31.4 Å². The highest BCUT2D eigenvalue weighted by Crippen LogP contribution is 2.34. The summed E-state index contributed by atoms with van der Waals surface area (Å²) in [4.78, 5) is 16.0. The molecular formula is C13H18N2O. The third kappa shape index (κ3) is 2.08. The van der Waals surface area contributed by atoms with Crippen LogP contribution in [0.15, 0.2) is 12.1 Å². The van der Waals surface area contributed by atoms with Crippen LogP contribution in [0.4, 0.5) is 0 Å². The van der Waals surface area contributed by atoms with E-state index in [1.807, 2.05) is 6.07 Å². The van der Waals surface area contributed by atoms with E-state index in [9.17, 15) is 4.79 Å². The molecule has 1 saturated carbocycles. The lowest BCUT2D eigenvalue weighted by Gasteiger charge is -2.12. The maximum absolute atomic E-state index is 11.5. The average molecular weight is 218 g/mol. The minimum Gasteiger partial charge on any atom is -0.354 e. The SMILES string of the molecule is CNC(=O)c1ccc(C)c(C2CCCC2)n1. The van der Waals surface area contributed by atoms with E-state index >= 15 is 0 Å². The Bertz CT molecular complexity index is 395. The van der Waals surface area contributed by atoms with Gasteiger partial charge in [-0.3, -0.25) is 4.79 Å². The van der Waals surface area contributed by atoms with Gasteiger partial charge in [-0.2, -0.15) is 0 Å². The Morgan fingerprint density at radius 1 is 1.38 bits per heavy atom. The average Bonchev–Trinajstić information content (AvgIpc) is 2.82. The molecule has 86 valence electrons. The maximum Gasteiger partial charge on any atom is 0.269 e. The molecule has 0 unspecified atom stereocenters. The Kier molecular flexibility index (Phi) is 3.22. The summed E-state index contributed by atoms with van der Waals surface area (Å²) in [6.07, 6.45) is 5.00. The van der Waals surface area contributed by atoms with E-state index in [4.69, 9.17) is 0 Å². The highest BCUT2D eigenvalue weighted by Gasteiger charge is 2.21. The van der Waals surface area contributed by atoms with Crippen molar-refractivity contribution >= 4 is 5.91 Å². The highest BCUT2D eigenvalue weighted by molar-refractivity contribution is 5.92. The van der Waals surface area contributed by atoms with Gasteiger partial charge in [0, 0.05) is 18.7 Å². The third-order valence-corrected chi connectivity index (χ3v) is 3.34. The molecular weight excluding hydrogens is 200 g/mol. The normalized spacial score (nSPS) is 16.4. The van der Waals surface area contributed by atoms with Crippen LogP contribution in [-0.4, -0.2) is 17.9 Å². The first-order valence-electron chi connectivity index (χ1n) is 5.92. The fourth-order valence-corrected chi connectivity index (χ4v) is 2.41. The molecule has 3 nitrogen and oxygen atoms in total. The molecule has 1 heterocycles. The van der Waals surface area contributed by atoms with Crippen LogP contribution in [0.1, 0.15) is 53.3 Å². The maximum atomic E-state index is 11.5. The summed E-state index contributed by atoms with van der Waals surface area (Å²) in [6, 6.07) is 3.80. The van der Waals surface area contributed by atoms with Gasteiger partial charge in [-0.15, -0.1) is 0 Å². The van der Waals surface area contributed by atoms with E-state index in [1.165, 1.54) is 31.2 Å². The summed E-state index contributed by atoms with van der Waals surface area (Å²) in [5.74, 6) is 0.462. The number of rotatable bonds is 2. The van der Waals surface area contributed by atoms with Crippen LogP contribution in [0, 0.1) is 6.92 Å². The predicted molar refractivity (Wildman–Crippen MR) is 63.6 cm³/mol. The fourth-order valence-electron chi connectivity index (χ4n) is 2.41. The smallest absolute Gasteiger partial charge is 0.269 e. The molecule has 0 aromatic carbocycles. The minimum atomic E-state index is -0.0979. The number of carbonyl (C=O) groups is 1. The van der Waals surface area contributed by atoms with Crippen LogP contribution in [0.2, 0.25) is 0 Å². The second-order valence-corrected chi connectivity index (χ2v) is 4.46. The molecule has 1 N–H and O–H groups in total. The monoisotopic (exact) mass is 218 g/mol. The van der Waals surface area contributed by atoms with Crippen LogP contribution >= 0.6 is 0 Å². The van der Waals surface area contributed by atoms with E-state index in [0.717, 1.165) is 5.69 Å². The summed E-state index contributed by atoms with van der Waals surface area (Å²) >= 11 is 0. The van der Waals surface area contributed by atoms with Crippen molar-refractivity contribution in [2.45, 2.75) is 38.5 Å². The lowest BCUT2D eigenvalue weighted by atomic mass is 9.99.